The number of hydrogen-bond donors (Lipinski definition) is 1. The molecule has 2 aromatic carbocycles. The van der Waals surface area contributed by atoms with Crippen LogP contribution >= 0.6 is 11.8 Å². The second-order valence-corrected chi connectivity index (χ2v) is 8.72. The van der Waals surface area contributed by atoms with Gasteiger partial charge in [0.1, 0.15) is 29.5 Å². The maximum atomic E-state index is 10.1. The predicted molar refractivity (Wildman–Crippen MR) is 131 cm³/mol. The van der Waals surface area contributed by atoms with Crippen molar-refractivity contribution in [1.82, 2.24) is 9.97 Å². The van der Waals surface area contributed by atoms with E-state index in [2.05, 4.69) is 38.4 Å². The van der Waals surface area contributed by atoms with E-state index in [1.807, 2.05) is 59.5 Å². The quantitative estimate of drug-likeness (QED) is 0.577. The van der Waals surface area contributed by atoms with Crippen molar-refractivity contribution in [3.63, 3.8) is 0 Å². The predicted octanol–water partition coefficient (Wildman–Crippen LogP) is 3.96. The van der Waals surface area contributed by atoms with Crippen molar-refractivity contribution in [2.24, 2.45) is 0 Å². The number of nitrogens with one attached hydrogen (secondary N) is 1. The number of thioether (sulfide) groups is 1. The second-order valence-electron chi connectivity index (χ2n) is 7.67. The first-order valence-electron chi connectivity index (χ1n) is 10.7. The summed E-state index contributed by atoms with van der Waals surface area (Å²) in [6.45, 7) is 2.79. The lowest BCUT2D eigenvalue weighted by atomic mass is 10.1. The Labute approximate surface area is 201 Å². The van der Waals surface area contributed by atoms with Gasteiger partial charge in [0.05, 0.1) is 10.7 Å². The molecule has 2 aliphatic rings. The fourth-order valence-electron chi connectivity index (χ4n) is 4.03. The number of hydrogen-bond acceptors (Lipinski definition) is 9. The molecule has 34 heavy (non-hydrogen) atoms. The molecule has 3 heterocycles. The average molecular weight is 463 g/mol. The normalized spacial score (nSPS) is 16.0. The number of benzene rings is 2. The first-order chi connectivity index (χ1) is 16.7. The highest BCUT2D eigenvalue weighted by atomic mass is 32.2. The molecule has 9 heteroatoms. The largest absolute Gasteiger partial charge is 0.368 e. The molecule has 1 saturated heterocycles. The molecule has 1 aromatic heterocycles. The summed E-state index contributed by atoms with van der Waals surface area (Å²) in [5.74, 6) is 0.450. The van der Waals surface area contributed by atoms with Gasteiger partial charge in [-0.2, -0.15) is 15.8 Å². The number of piperazine rings is 1. The van der Waals surface area contributed by atoms with Crippen LogP contribution in [0.25, 0.3) is 5.57 Å². The summed E-state index contributed by atoms with van der Waals surface area (Å²) in [5, 5.41) is 33.2. The molecule has 3 aromatic rings. The Balaban J connectivity index is 1.53. The van der Waals surface area contributed by atoms with Crippen LogP contribution in [0.15, 0.2) is 64.5 Å². The van der Waals surface area contributed by atoms with Crippen LogP contribution in [0.5, 0.6) is 0 Å². The van der Waals surface area contributed by atoms with E-state index in [1.54, 1.807) is 0 Å². The Bertz CT molecular complexity index is 1380. The van der Waals surface area contributed by atoms with Gasteiger partial charge in [0, 0.05) is 36.8 Å². The van der Waals surface area contributed by atoms with E-state index in [1.165, 1.54) is 11.8 Å². The zero-order valence-electron chi connectivity index (χ0n) is 18.1. The van der Waals surface area contributed by atoms with E-state index < -0.39 is 0 Å². The summed E-state index contributed by atoms with van der Waals surface area (Å²) in [4.78, 5) is 14.3. The van der Waals surface area contributed by atoms with E-state index >= 15 is 0 Å². The van der Waals surface area contributed by atoms with Gasteiger partial charge < -0.3 is 15.1 Å². The lowest BCUT2D eigenvalue weighted by Gasteiger charge is -2.37. The van der Waals surface area contributed by atoms with Crippen LogP contribution in [-0.4, -0.2) is 36.1 Å². The van der Waals surface area contributed by atoms with Crippen LogP contribution in [0.1, 0.15) is 17.1 Å². The molecule has 0 bridgehead atoms. The number of allylic oxidation sites excluding steroid dienone is 1. The Kier molecular flexibility index (Phi) is 5.74. The second kappa shape index (κ2) is 9.15. The summed E-state index contributed by atoms with van der Waals surface area (Å²) >= 11 is 1.44. The highest BCUT2D eigenvalue weighted by Gasteiger charge is 2.28. The Morgan fingerprint density at radius 3 is 2.15 bits per heavy atom. The minimum absolute atomic E-state index is 0.0376. The van der Waals surface area contributed by atoms with Crippen molar-refractivity contribution in [3.05, 3.63) is 76.7 Å². The van der Waals surface area contributed by atoms with Gasteiger partial charge in [0.25, 0.3) is 0 Å². The molecule has 1 fully saturated rings. The third-order valence-electron chi connectivity index (χ3n) is 5.71. The molecule has 0 aliphatic carbocycles. The van der Waals surface area contributed by atoms with Crippen molar-refractivity contribution >= 4 is 34.5 Å². The van der Waals surface area contributed by atoms with Crippen LogP contribution < -0.4 is 15.1 Å². The standard InChI is InChI=1S/C25H18N8S/c26-14-18(25-31-19-8-4-5-9-22(19)34-25)23-24(30-21(16-28)20(15-27)29-23)33-12-10-32(11-13-33)17-6-2-1-3-7-17/h1-9,31H,10-13H2/b25-18+. The smallest absolute Gasteiger partial charge is 0.179 e. The van der Waals surface area contributed by atoms with Crippen LogP contribution in [0.2, 0.25) is 0 Å². The average Bonchev–Trinajstić information content (AvgIpc) is 3.33. The van der Waals surface area contributed by atoms with Crippen LogP contribution in [0.3, 0.4) is 0 Å². The summed E-state index contributed by atoms with van der Waals surface area (Å²) in [6, 6.07) is 24.2. The molecular formula is C25H18N8S. The molecule has 5 rings (SSSR count). The first kappa shape index (κ1) is 21.3. The van der Waals surface area contributed by atoms with Gasteiger partial charge in [-0.1, -0.05) is 42.1 Å². The number of aromatic nitrogens is 2. The highest BCUT2D eigenvalue weighted by molar-refractivity contribution is 8.04. The molecular weight excluding hydrogens is 444 g/mol. The minimum atomic E-state index is -0.0852. The van der Waals surface area contributed by atoms with Gasteiger partial charge in [0.2, 0.25) is 0 Å². The van der Waals surface area contributed by atoms with E-state index in [-0.39, 0.29) is 11.4 Å². The summed E-state index contributed by atoms with van der Waals surface area (Å²) < 4.78 is 0. The summed E-state index contributed by atoms with van der Waals surface area (Å²) in [6.07, 6.45) is 0. The monoisotopic (exact) mass is 462 g/mol. The molecule has 1 N–H and O–H groups in total. The summed E-state index contributed by atoms with van der Waals surface area (Å²) in [5.41, 5.74) is 2.55. The topological polar surface area (TPSA) is 116 Å². The van der Waals surface area contributed by atoms with E-state index in [4.69, 9.17) is 0 Å². The van der Waals surface area contributed by atoms with Gasteiger partial charge >= 0.3 is 0 Å². The van der Waals surface area contributed by atoms with Crippen LogP contribution in [0.4, 0.5) is 17.2 Å². The summed E-state index contributed by atoms with van der Waals surface area (Å²) in [7, 11) is 0. The minimum Gasteiger partial charge on any atom is -0.368 e. The maximum Gasteiger partial charge on any atom is 0.179 e. The van der Waals surface area contributed by atoms with Crippen molar-refractivity contribution in [2.75, 3.05) is 41.3 Å². The lowest BCUT2D eigenvalue weighted by molar-refractivity contribution is 0.645. The highest BCUT2D eigenvalue weighted by Crippen LogP contribution is 2.44. The van der Waals surface area contributed by atoms with Crippen molar-refractivity contribution in [2.45, 2.75) is 4.90 Å². The Hall–Kier alpha value is -4.52. The van der Waals surface area contributed by atoms with Crippen LogP contribution in [0, 0.1) is 34.0 Å². The van der Waals surface area contributed by atoms with Crippen LogP contribution in [-0.2, 0) is 0 Å². The Morgan fingerprint density at radius 2 is 1.47 bits per heavy atom. The van der Waals surface area contributed by atoms with E-state index in [0.717, 1.165) is 29.4 Å². The van der Waals surface area contributed by atoms with Gasteiger partial charge in [-0.15, -0.1) is 0 Å². The number of rotatable bonds is 3. The van der Waals surface area contributed by atoms with E-state index in [9.17, 15) is 15.8 Å². The van der Waals surface area contributed by atoms with Crippen molar-refractivity contribution in [1.29, 1.82) is 15.8 Å². The molecule has 0 saturated carbocycles. The molecule has 0 unspecified atom stereocenters. The van der Waals surface area contributed by atoms with Crippen molar-refractivity contribution < 1.29 is 0 Å². The van der Waals surface area contributed by atoms with E-state index in [0.29, 0.717) is 35.2 Å². The third kappa shape index (κ3) is 3.88. The maximum absolute atomic E-state index is 10.1. The molecule has 164 valence electrons. The first-order valence-corrected chi connectivity index (χ1v) is 11.5. The molecule has 0 amide bonds. The molecule has 2 aliphatic heterocycles. The number of fused-ring (bicyclic) bond motifs is 1. The van der Waals surface area contributed by atoms with Gasteiger partial charge in [-0.3, -0.25) is 0 Å². The zero-order chi connectivity index (χ0) is 23.5. The Morgan fingerprint density at radius 1 is 0.824 bits per heavy atom. The molecule has 0 atom stereocenters. The third-order valence-corrected chi connectivity index (χ3v) is 6.80. The number of nitrogens with zero attached hydrogens (tertiary/aromatic N) is 7. The molecule has 0 spiro atoms. The SMILES string of the molecule is N#C/C(=C1/Nc2ccccc2S1)c1nc(C#N)c(C#N)nc1N1CCN(c2ccccc2)CC1. The van der Waals surface area contributed by atoms with Gasteiger partial charge in [0.15, 0.2) is 17.2 Å². The molecule has 8 nitrogen and oxygen atoms in total. The van der Waals surface area contributed by atoms with Crippen molar-refractivity contribution in [3.8, 4) is 18.2 Å². The fourth-order valence-corrected chi connectivity index (χ4v) is 5.03. The lowest BCUT2D eigenvalue weighted by Crippen LogP contribution is -2.47. The number of nitriles is 3. The zero-order valence-corrected chi connectivity index (χ0v) is 18.9. The molecule has 0 radical (unpaired) electrons. The van der Waals surface area contributed by atoms with Gasteiger partial charge in [-0.05, 0) is 24.3 Å². The number of anilines is 3. The number of para-hydroxylation sites is 2. The fraction of sp³-hybridized carbons (Fsp3) is 0.160. The van der Waals surface area contributed by atoms with Gasteiger partial charge in [-0.25, -0.2) is 9.97 Å².